The average Bonchev–Trinajstić information content (AvgIpc) is 2.83. The molecule has 0 atom stereocenters. The van der Waals surface area contributed by atoms with Crippen LogP contribution in [0.25, 0.3) is 22.0 Å². The molecule has 0 saturated heterocycles. The van der Waals surface area contributed by atoms with E-state index in [4.69, 9.17) is 5.84 Å². The van der Waals surface area contributed by atoms with E-state index in [1.54, 1.807) is 0 Å². The number of carbonyl (C=O) groups excluding carboxylic acids is 1. The van der Waals surface area contributed by atoms with Gasteiger partial charge in [0.2, 0.25) is 5.91 Å². The number of hydrogen-bond donors (Lipinski definition) is 3. The number of fused-ring (bicyclic) bond motifs is 1. The van der Waals surface area contributed by atoms with Crippen molar-refractivity contribution in [1.29, 1.82) is 0 Å². The van der Waals surface area contributed by atoms with E-state index < -0.39 is 0 Å². The number of nitrogens with two attached hydrogens (primary N) is 1. The van der Waals surface area contributed by atoms with Crippen molar-refractivity contribution in [3.63, 3.8) is 0 Å². The predicted octanol–water partition coefficient (Wildman–Crippen LogP) is 2.68. The third kappa shape index (κ3) is 2.53. The van der Waals surface area contributed by atoms with Gasteiger partial charge in [0.15, 0.2) is 0 Å². The maximum atomic E-state index is 11.6. The first-order valence-electron chi connectivity index (χ1n) is 6.85. The lowest BCUT2D eigenvalue weighted by Gasteiger charge is -2.04. The Bertz CT molecular complexity index is 790. The summed E-state index contributed by atoms with van der Waals surface area (Å²) >= 11 is 0. The summed E-state index contributed by atoms with van der Waals surface area (Å²) in [5.41, 5.74) is 7.51. The Morgan fingerprint density at radius 3 is 2.62 bits per heavy atom. The molecule has 0 bridgehead atoms. The summed E-state index contributed by atoms with van der Waals surface area (Å²) in [4.78, 5) is 14.9. The number of nitrogens with one attached hydrogen (secondary N) is 2. The highest BCUT2D eigenvalue weighted by Crippen LogP contribution is 2.28. The van der Waals surface area contributed by atoms with Crippen LogP contribution in [0.15, 0.2) is 48.5 Å². The lowest BCUT2D eigenvalue weighted by molar-refractivity contribution is -0.120. The second kappa shape index (κ2) is 5.42. The van der Waals surface area contributed by atoms with Gasteiger partial charge < -0.3 is 4.98 Å². The van der Waals surface area contributed by atoms with Crippen molar-refractivity contribution < 1.29 is 4.79 Å². The Morgan fingerprint density at radius 1 is 1.14 bits per heavy atom. The van der Waals surface area contributed by atoms with Crippen LogP contribution in [0.2, 0.25) is 0 Å². The van der Waals surface area contributed by atoms with Crippen molar-refractivity contribution in [2.45, 2.75) is 13.3 Å². The quantitative estimate of drug-likeness (QED) is 0.392. The van der Waals surface area contributed by atoms with Crippen molar-refractivity contribution in [2.75, 3.05) is 0 Å². The molecule has 4 nitrogen and oxygen atoms in total. The van der Waals surface area contributed by atoms with Gasteiger partial charge >= 0.3 is 0 Å². The molecule has 0 aliphatic heterocycles. The largest absolute Gasteiger partial charge is 0.358 e. The SMILES string of the molecule is Cc1[nH]c2ccc(-c3ccccc3)cc2c1CC(=O)NN. The number of aryl methyl sites for hydroxylation is 1. The smallest absolute Gasteiger partial charge is 0.238 e. The van der Waals surface area contributed by atoms with Gasteiger partial charge in [-0.25, -0.2) is 5.84 Å². The molecule has 0 saturated carbocycles. The van der Waals surface area contributed by atoms with Crippen LogP contribution in [0, 0.1) is 6.92 Å². The molecule has 0 unspecified atom stereocenters. The fourth-order valence-corrected chi connectivity index (χ4v) is 2.63. The van der Waals surface area contributed by atoms with Gasteiger partial charge in [-0.2, -0.15) is 0 Å². The minimum atomic E-state index is -0.191. The minimum Gasteiger partial charge on any atom is -0.358 e. The van der Waals surface area contributed by atoms with E-state index in [0.29, 0.717) is 0 Å². The number of aromatic nitrogens is 1. The number of amides is 1. The van der Waals surface area contributed by atoms with E-state index in [9.17, 15) is 4.79 Å². The van der Waals surface area contributed by atoms with Crippen molar-refractivity contribution in [3.05, 3.63) is 59.8 Å². The molecular formula is C17H17N3O. The minimum absolute atomic E-state index is 0.191. The van der Waals surface area contributed by atoms with Crippen LogP contribution in [-0.4, -0.2) is 10.9 Å². The summed E-state index contributed by atoms with van der Waals surface area (Å²) in [7, 11) is 0. The molecule has 1 amide bonds. The fourth-order valence-electron chi connectivity index (χ4n) is 2.63. The van der Waals surface area contributed by atoms with Crippen LogP contribution < -0.4 is 11.3 Å². The summed E-state index contributed by atoms with van der Waals surface area (Å²) in [5, 5.41) is 1.07. The highest BCUT2D eigenvalue weighted by atomic mass is 16.2. The number of hydrazine groups is 1. The topological polar surface area (TPSA) is 70.9 Å². The van der Waals surface area contributed by atoms with E-state index in [-0.39, 0.29) is 12.3 Å². The van der Waals surface area contributed by atoms with Crippen molar-refractivity contribution in [1.82, 2.24) is 10.4 Å². The highest BCUT2D eigenvalue weighted by Gasteiger charge is 2.12. The van der Waals surface area contributed by atoms with Crippen molar-refractivity contribution in [2.24, 2.45) is 5.84 Å². The second-order valence-corrected chi connectivity index (χ2v) is 5.10. The van der Waals surface area contributed by atoms with Crippen LogP contribution in [0.4, 0.5) is 0 Å². The van der Waals surface area contributed by atoms with Crippen LogP contribution in [0.3, 0.4) is 0 Å². The molecule has 1 aromatic heterocycles. The van der Waals surface area contributed by atoms with Crippen molar-refractivity contribution in [3.8, 4) is 11.1 Å². The lowest BCUT2D eigenvalue weighted by atomic mass is 10.0. The standard InChI is InChI=1S/C17H17N3O/c1-11-14(10-17(21)20-18)15-9-13(7-8-16(15)19-11)12-5-3-2-4-6-12/h2-9,19H,10,18H2,1H3,(H,20,21). The number of H-pyrrole nitrogens is 1. The number of carbonyl (C=O) groups is 1. The normalized spacial score (nSPS) is 10.8. The number of benzene rings is 2. The predicted molar refractivity (Wildman–Crippen MR) is 84.5 cm³/mol. The molecule has 3 rings (SSSR count). The molecule has 0 radical (unpaired) electrons. The number of rotatable bonds is 3. The lowest BCUT2D eigenvalue weighted by Crippen LogP contribution is -2.31. The van der Waals surface area contributed by atoms with Gasteiger partial charge in [0.05, 0.1) is 6.42 Å². The molecule has 3 aromatic rings. The Labute approximate surface area is 122 Å². The molecule has 106 valence electrons. The van der Waals surface area contributed by atoms with Crippen molar-refractivity contribution >= 4 is 16.8 Å². The van der Waals surface area contributed by atoms with Gasteiger partial charge in [-0.1, -0.05) is 36.4 Å². The van der Waals surface area contributed by atoms with E-state index in [1.807, 2.05) is 25.1 Å². The van der Waals surface area contributed by atoms with E-state index in [1.165, 1.54) is 0 Å². The molecule has 4 heteroatoms. The van der Waals surface area contributed by atoms with Gasteiger partial charge in [0, 0.05) is 16.6 Å². The number of hydrogen-bond acceptors (Lipinski definition) is 2. The first kappa shape index (κ1) is 13.4. The van der Waals surface area contributed by atoms with E-state index >= 15 is 0 Å². The summed E-state index contributed by atoms with van der Waals surface area (Å²) in [6, 6.07) is 16.4. The first-order valence-corrected chi connectivity index (χ1v) is 6.85. The molecule has 21 heavy (non-hydrogen) atoms. The Hall–Kier alpha value is -2.59. The summed E-state index contributed by atoms with van der Waals surface area (Å²) in [5.74, 6) is 5.00. The summed E-state index contributed by atoms with van der Waals surface area (Å²) in [6.07, 6.45) is 0.278. The van der Waals surface area contributed by atoms with E-state index in [0.717, 1.165) is 33.3 Å². The molecular weight excluding hydrogens is 262 g/mol. The Morgan fingerprint density at radius 2 is 1.90 bits per heavy atom. The van der Waals surface area contributed by atoms with Crippen LogP contribution >= 0.6 is 0 Å². The maximum absolute atomic E-state index is 11.6. The second-order valence-electron chi connectivity index (χ2n) is 5.10. The monoisotopic (exact) mass is 279 g/mol. The molecule has 4 N–H and O–H groups in total. The van der Waals surface area contributed by atoms with Crippen LogP contribution in [-0.2, 0) is 11.2 Å². The van der Waals surface area contributed by atoms with Gasteiger partial charge in [-0.3, -0.25) is 10.2 Å². The first-order chi connectivity index (χ1) is 10.2. The summed E-state index contributed by atoms with van der Waals surface area (Å²) in [6.45, 7) is 1.97. The van der Waals surface area contributed by atoms with Gasteiger partial charge in [0.1, 0.15) is 0 Å². The zero-order chi connectivity index (χ0) is 14.8. The van der Waals surface area contributed by atoms with Crippen LogP contribution in [0.5, 0.6) is 0 Å². The van der Waals surface area contributed by atoms with Gasteiger partial charge in [-0.05, 0) is 35.7 Å². The number of aromatic amines is 1. The third-order valence-corrected chi connectivity index (χ3v) is 3.72. The average molecular weight is 279 g/mol. The van der Waals surface area contributed by atoms with E-state index in [2.05, 4.69) is 40.7 Å². The maximum Gasteiger partial charge on any atom is 0.238 e. The fraction of sp³-hybridized carbons (Fsp3) is 0.118. The third-order valence-electron chi connectivity index (χ3n) is 3.72. The molecule has 2 aromatic carbocycles. The zero-order valence-corrected chi connectivity index (χ0v) is 11.8. The van der Waals surface area contributed by atoms with Gasteiger partial charge in [-0.15, -0.1) is 0 Å². The Balaban J connectivity index is 2.11. The molecule has 0 fully saturated rings. The van der Waals surface area contributed by atoms with Gasteiger partial charge in [0.25, 0.3) is 0 Å². The van der Waals surface area contributed by atoms with Crippen LogP contribution in [0.1, 0.15) is 11.3 Å². The zero-order valence-electron chi connectivity index (χ0n) is 11.8. The molecule has 0 spiro atoms. The Kier molecular flexibility index (Phi) is 3.46. The molecule has 1 heterocycles. The highest BCUT2D eigenvalue weighted by molar-refractivity contribution is 5.92. The summed E-state index contributed by atoms with van der Waals surface area (Å²) < 4.78 is 0. The molecule has 0 aliphatic carbocycles. The molecule has 0 aliphatic rings.